The molecule has 1 N–H and O–H groups in total. The zero-order valence-corrected chi connectivity index (χ0v) is 12.6. The van der Waals surface area contributed by atoms with Gasteiger partial charge in [-0.05, 0) is 34.0 Å². The summed E-state index contributed by atoms with van der Waals surface area (Å²) in [5.74, 6) is 0. The van der Waals surface area contributed by atoms with Crippen LogP contribution in [0.3, 0.4) is 0 Å². The Bertz CT molecular complexity index is 347. The number of hydrogen-bond acceptors (Lipinski definition) is 3. The van der Waals surface area contributed by atoms with Crippen molar-refractivity contribution < 1.29 is 0 Å². The van der Waals surface area contributed by atoms with Crippen molar-refractivity contribution in [2.45, 2.75) is 32.2 Å². The fraction of sp³-hybridized carbons (Fsp3) is 0.643. The second kappa shape index (κ2) is 7.22. The smallest absolute Gasteiger partial charge is 0.106 e. The predicted octanol–water partition coefficient (Wildman–Crippen LogP) is 2.98. The predicted molar refractivity (Wildman–Crippen MR) is 78.6 cm³/mol. The summed E-state index contributed by atoms with van der Waals surface area (Å²) in [7, 11) is 0. The quantitative estimate of drug-likeness (QED) is 0.847. The van der Waals surface area contributed by atoms with Gasteiger partial charge in [0, 0.05) is 38.4 Å². The van der Waals surface area contributed by atoms with Gasteiger partial charge >= 0.3 is 0 Å². The van der Waals surface area contributed by atoms with E-state index in [1.165, 1.54) is 24.8 Å². The molecule has 2 rings (SSSR count). The minimum atomic E-state index is 0.535. The standard InChI is InChI=1S/C14H22BrN3/c1-2-3-4-13(18-9-7-16-8-10-18)12-5-6-14(15)17-11-12/h5-6,11,13,16H,2-4,7-10H2,1H3/t13-/m0/s1. The van der Waals surface area contributed by atoms with Gasteiger partial charge in [-0.25, -0.2) is 4.98 Å². The molecule has 0 unspecified atom stereocenters. The summed E-state index contributed by atoms with van der Waals surface area (Å²) < 4.78 is 0.917. The summed E-state index contributed by atoms with van der Waals surface area (Å²) >= 11 is 3.41. The Labute approximate surface area is 118 Å². The molecule has 100 valence electrons. The molecule has 1 fully saturated rings. The van der Waals surface area contributed by atoms with E-state index in [1.54, 1.807) is 0 Å². The number of halogens is 1. The SMILES string of the molecule is CCCC[C@@H](c1ccc(Br)nc1)N1CCNCC1. The molecule has 0 saturated carbocycles. The first-order chi connectivity index (χ1) is 8.81. The molecule has 0 spiro atoms. The van der Waals surface area contributed by atoms with Crippen molar-refractivity contribution in [3.8, 4) is 0 Å². The number of pyridine rings is 1. The van der Waals surface area contributed by atoms with E-state index >= 15 is 0 Å². The largest absolute Gasteiger partial charge is 0.314 e. The van der Waals surface area contributed by atoms with Crippen molar-refractivity contribution in [3.05, 3.63) is 28.5 Å². The van der Waals surface area contributed by atoms with E-state index < -0.39 is 0 Å². The lowest BCUT2D eigenvalue weighted by atomic mass is 10.0. The number of rotatable bonds is 5. The van der Waals surface area contributed by atoms with E-state index in [4.69, 9.17) is 0 Å². The lowest BCUT2D eigenvalue weighted by Gasteiger charge is -2.35. The number of nitrogens with zero attached hydrogens (tertiary/aromatic N) is 2. The lowest BCUT2D eigenvalue weighted by molar-refractivity contribution is 0.163. The van der Waals surface area contributed by atoms with Crippen molar-refractivity contribution in [1.29, 1.82) is 0 Å². The number of unbranched alkanes of at least 4 members (excludes halogenated alkanes) is 1. The lowest BCUT2D eigenvalue weighted by Crippen LogP contribution is -2.45. The highest BCUT2D eigenvalue weighted by molar-refractivity contribution is 9.10. The molecule has 0 aliphatic carbocycles. The van der Waals surface area contributed by atoms with Crippen LogP contribution in [0.15, 0.2) is 22.9 Å². The van der Waals surface area contributed by atoms with Gasteiger partial charge in [-0.3, -0.25) is 4.90 Å². The molecule has 0 aromatic carbocycles. The number of aromatic nitrogens is 1. The van der Waals surface area contributed by atoms with Crippen LogP contribution in [0.2, 0.25) is 0 Å². The Hall–Kier alpha value is -0.450. The Morgan fingerprint density at radius 1 is 1.39 bits per heavy atom. The zero-order chi connectivity index (χ0) is 12.8. The molecule has 1 aromatic rings. The first-order valence-corrected chi connectivity index (χ1v) is 7.66. The average Bonchev–Trinajstić information content (AvgIpc) is 2.42. The van der Waals surface area contributed by atoms with Crippen LogP contribution < -0.4 is 5.32 Å². The molecule has 1 atom stereocenters. The van der Waals surface area contributed by atoms with Crippen LogP contribution in [-0.2, 0) is 0 Å². The van der Waals surface area contributed by atoms with Crippen molar-refractivity contribution in [3.63, 3.8) is 0 Å². The van der Waals surface area contributed by atoms with Gasteiger partial charge in [0.05, 0.1) is 0 Å². The van der Waals surface area contributed by atoms with Gasteiger partial charge < -0.3 is 5.32 Å². The third-order valence-electron chi connectivity index (χ3n) is 3.56. The summed E-state index contributed by atoms with van der Waals surface area (Å²) in [4.78, 5) is 6.97. The number of hydrogen-bond donors (Lipinski definition) is 1. The molecular weight excluding hydrogens is 290 g/mol. The third-order valence-corrected chi connectivity index (χ3v) is 4.03. The summed E-state index contributed by atoms with van der Waals surface area (Å²) in [6, 6.07) is 4.79. The van der Waals surface area contributed by atoms with Crippen LogP contribution in [0.5, 0.6) is 0 Å². The molecule has 1 aliphatic rings. The van der Waals surface area contributed by atoms with Gasteiger partial charge in [0.15, 0.2) is 0 Å². The van der Waals surface area contributed by atoms with Crippen LogP contribution in [-0.4, -0.2) is 36.1 Å². The highest BCUT2D eigenvalue weighted by Crippen LogP contribution is 2.26. The maximum atomic E-state index is 4.38. The van der Waals surface area contributed by atoms with Crippen molar-refractivity contribution in [2.75, 3.05) is 26.2 Å². The molecule has 0 bridgehead atoms. The third kappa shape index (κ3) is 3.77. The monoisotopic (exact) mass is 311 g/mol. The molecule has 1 aliphatic heterocycles. The number of piperazine rings is 1. The van der Waals surface area contributed by atoms with Crippen molar-refractivity contribution in [1.82, 2.24) is 15.2 Å². The van der Waals surface area contributed by atoms with Gasteiger partial charge in [-0.2, -0.15) is 0 Å². The zero-order valence-electron chi connectivity index (χ0n) is 11.0. The second-order valence-electron chi connectivity index (χ2n) is 4.86. The van der Waals surface area contributed by atoms with Crippen molar-refractivity contribution >= 4 is 15.9 Å². The summed E-state index contributed by atoms with van der Waals surface area (Å²) in [6.45, 7) is 6.75. The molecule has 0 radical (unpaired) electrons. The number of nitrogens with one attached hydrogen (secondary N) is 1. The Balaban J connectivity index is 2.10. The summed E-state index contributed by atoms with van der Waals surface area (Å²) in [5, 5.41) is 3.42. The van der Waals surface area contributed by atoms with E-state index in [1.807, 2.05) is 6.20 Å². The maximum Gasteiger partial charge on any atom is 0.106 e. The van der Waals surface area contributed by atoms with Crippen LogP contribution in [0.1, 0.15) is 37.8 Å². The van der Waals surface area contributed by atoms with E-state index in [2.05, 4.69) is 50.2 Å². The van der Waals surface area contributed by atoms with Crippen LogP contribution >= 0.6 is 15.9 Å². The molecule has 4 heteroatoms. The molecule has 3 nitrogen and oxygen atoms in total. The fourth-order valence-corrected chi connectivity index (χ4v) is 2.77. The molecule has 2 heterocycles. The van der Waals surface area contributed by atoms with E-state index in [0.717, 1.165) is 30.8 Å². The minimum Gasteiger partial charge on any atom is -0.314 e. The first-order valence-electron chi connectivity index (χ1n) is 6.87. The molecule has 0 amide bonds. The molecule has 1 saturated heterocycles. The van der Waals surface area contributed by atoms with Crippen LogP contribution in [0.25, 0.3) is 0 Å². The second-order valence-corrected chi connectivity index (χ2v) is 5.67. The Morgan fingerprint density at radius 2 is 2.17 bits per heavy atom. The normalized spacial score (nSPS) is 18.8. The van der Waals surface area contributed by atoms with E-state index in [9.17, 15) is 0 Å². The Kier molecular flexibility index (Phi) is 5.60. The summed E-state index contributed by atoms with van der Waals surface area (Å²) in [5.41, 5.74) is 1.36. The molecule has 18 heavy (non-hydrogen) atoms. The topological polar surface area (TPSA) is 28.2 Å². The van der Waals surface area contributed by atoms with E-state index in [-0.39, 0.29) is 0 Å². The molecule has 1 aromatic heterocycles. The van der Waals surface area contributed by atoms with Gasteiger partial charge in [-0.1, -0.05) is 25.8 Å². The van der Waals surface area contributed by atoms with Gasteiger partial charge in [0.1, 0.15) is 4.60 Å². The Morgan fingerprint density at radius 3 is 2.78 bits per heavy atom. The van der Waals surface area contributed by atoms with Gasteiger partial charge in [0.2, 0.25) is 0 Å². The average molecular weight is 312 g/mol. The van der Waals surface area contributed by atoms with Crippen LogP contribution in [0.4, 0.5) is 0 Å². The van der Waals surface area contributed by atoms with Crippen molar-refractivity contribution in [2.24, 2.45) is 0 Å². The van der Waals surface area contributed by atoms with Gasteiger partial charge in [-0.15, -0.1) is 0 Å². The molecular formula is C14H22BrN3. The first kappa shape index (κ1) is 14.0. The highest BCUT2D eigenvalue weighted by Gasteiger charge is 2.21. The maximum absolute atomic E-state index is 4.38. The fourth-order valence-electron chi connectivity index (χ4n) is 2.54. The summed E-state index contributed by atoms with van der Waals surface area (Å²) in [6.07, 6.45) is 5.80. The van der Waals surface area contributed by atoms with Crippen LogP contribution in [0, 0.1) is 0 Å². The minimum absolute atomic E-state index is 0.535. The highest BCUT2D eigenvalue weighted by atomic mass is 79.9. The van der Waals surface area contributed by atoms with E-state index in [0.29, 0.717) is 6.04 Å². The van der Waals surface area contributed by atoms with Gasteiger partial charge in [0.25, 0.3) is 0 Å².